The number of rotatable bonds is 8. The molecular weight excluding hydrogens is 280 g/mol. The average molecular weight is 306 g/mol. The molecule has 22 heavy (non-hydrogen) atoms. The van der Waals surface area contributed by atoms with E-state index in [1.807, 2.05) is 0 Å². The number of nitrogens with zero attached hydrogens (tertiary/aromatic N) is 4. The van der Waals surface area contributed by atoms with Crippen molar-refractivity contribution in [2.45, 2.75) is 65.5 Å². The van der Waals surface area contributed by atoms with E-state index in [0.717, 1.165) is 45.1 Å². The molecule has 2 rings (SSSR count). The molecule has 2 aromatic heterocycles. The molecule has 0 N–H and O–H groups in total. The van der Waals surface area contributed by atoms with Crippen LogP contribution >= 0.6 is 0 Å². The topological polar surface area (TPSA) is 61.8 Å². The lowest BCUT2D eigenvalue weighted by Crippen LogP contribution is -2.38. The summed E-state index contributed by atoms with van der Waals surface area (Å²) < 4.78 is 4.63. The van der Waals surface area contributed by atoms with Crippen LogP contribution in [0.1, 0.15) is 52.4 Å². The van der Waals surface area contributed by atoms with Crippen LogP contribution in [0.2, 0.25) is 0 Å². The molecule has 0 radical (unpaired) electrons. The number of unbranched alkanes of at least 4 members (excludes halogenated alkanes) is 4. The summed E-state index contributed by atoms with van der Waals surface area (Å²) >= 11 is 0. The lowest BCUT2D eigenvalue weighted by Gasteiger charge is -2.08. The summed E-state index contributed by atoms with van der Waals surface area (Å²) in [6, 6.07) is 0. The smallest absolute Gasteiger partial charge is 0.276 e. The van der Waals surface area contributed by atoms with Crippen molar-refractivity contribution in [2.75, 3.05) is 0 Å². The van der Waals surface area contributed by atoms with Crippen LogP contribution in [-0.4, -0.2) is 18.9 Å². The molecule has 122 valence electrons. The molecule has 0 spiro atoms. The molecule has 2 heterocycles. The predicted molar refractivity (Wildman–Crippen MR) is 88.3 cm³/mol. The fourth-order valence-electron chi connectivity index (χ4n) is 2.63. The van der Waals surface area contributed by atoms with Gasteiger partial charge in [0.05, 0.1) is 0 Å². The molecule has 6 nitrogen and oxygen atoms in total. The van der Waals surface area contributed by atoms with Crippen molar-refractivity contribution < 1.29 is 0 Å². The maximum atomic E-state index is 12.4. The molecule has 2 aromatic rings. The van der Waals surface area contributed by atoms with Crippen molar-refractivity contribution in [1.82, 2.24) is 18.9 Å². The van der Waals surface area contributed by atoms with Crippen LogP contribution < -0.4 is 11.2 Å². The standard InChI is InChI=1S/C16H26N4O2/c1-4-6-8-9-11-20-14-13(15(21)18(3)16(20)22)12-19(17-14)10-7-5-2/h12H,4-11H2,1-3H3. The summed E-state index contributed by atoms with van der Waals surface area (Å²) in [4.78, 5) is 24.6. The Kier molecular flexibility index (Phi) is 5.57. The maximum absolute atomic E-state index is 12.4. The van der Waals surface area contributed by atoms with Gasteiger partial charge in [0.2, 0.25) is 0 Å². The van der Waals surface area contributed by atoms with Crippen molar-refractivity contribution in [2.24, 2.45) is 7.05 Å². The zero-order valence-electron chi connectivity index (χ0n) is 13.8. The van der Waals surface area contributed by atoms with Crippen LogP contribution in [-0.2, 0) is 20.1 Å². The van der Waals surface area contributed by atoms with Gasteiger partial charge in [0, 0.05) is 26.3 Å². The van der Waals surface area contributed by atoms with E-state index in [1.165, 1.54) is 11.6 Å². The zero-order chi connectivity index (χ0) is 16.1. The molecule has 0 aromatic carbocycles. The number of aryl methyl sites for hydroxylation is 2. The quantitative estimate of drug-likeness (QED) is 0.703. The molecule has 0 aliphatic rings. The molecule has 0 aliphatic carbocycles. The second-order valence-electron chi connectivity index (χ2n) is 5.84. The maximum Gasteiger partial charge on any atom is 0.332 e. The van der Waals surface area contributed by atoms with Crippen LogP contribution in [0.3, 0.4) is 0 Å². The first-order chi connectivity index (χ1) is 10.6. The Morgan fingerprint density at radius 3 is 2.41 bits per heavy atom. The first-order valence-corrected chi connectivity index (χ1v) is 8.27. The third-order valence-corrected chi connectivity index (χ3v) is 4.03. The van der Waals surface area contributed by atoms with E-state index in [1.54, 1.807) is 15.4 Å². The number of aromatic nitrogens is 4. The SMILES string of the molecule is CCCCCCn1c(=O)n(C)c(=O)c2cn(CCCC)nc21. The molecule has 0 saturated carbocycles. The van der Waals surface area contributed by atoms with Crippen molar-refractivity contribution >= 4 is 11.0 Å². The summed E-state index contributed by atoms with van der Waals surface area (Å²) in [6.07, 6.45) is 8.19. The molecule has 0 bridgehead atoms. The molecule has 0 fully saturated rings. The summed E-state index contributed by atoms with van der Waals surface area (Å²) in [5.41, 5.74) is 0.00278. The van der Waals surface area contributed by atoms with Gasteiger partial charge in [0.15, 0.2) is 5.65 Å². The Labute approximate surface area is 130 Å². The number of hydrogen-bond donors (Lipinski definition) is 0. The second kappa shape index (κ2) is 7.42. The Morgan fingerprint density at radius 2 is 1.73 bits per heavy atom. The van der Waals surface area contributed by atoms with Gasteiger partial charge >= 0.3 is 5.69 Å². The van der Waals surface area contributed by atoms with Gasteiger partial charge < -0.3 is 0 Å². The van der Waals surface area contributed by atoms with Crippen LogP contribution in [0.15, 0.2) is 15.8 Å². The number of fused-ring (bicyclic) bond motifs is 1. The van der Waals surface area contributed by atoms with Gasteiger partial charge in [-0.25, -0.2) is 4.79 Å². The van der Waals surface area contributed by atoms with Gasteiger partial charge in [-0.2, -0.15) is 5.10 Å². The summed E-state index contributed by atoms with van der Waals surface area (Å²) in [5.74, 6) is 0. The van der Waals surface area contributed by atoms with E-state index in [0.29, 0.717) is 17.6 Å². The first kappa shape index (κ1) is 16.5. The Bertz CT molecular complexity index is 739. The third-order valence-electron chi connectivity index (χ3n) is 4.03. The van der Waals surface area contributed by atoms with Gasteiger partial charge in [-0.15, -0.1) is 0 Å². The summed E-state index contributed by atoms with van der Waals surface area (Å²) in [6.45, 7) is 5.67. The predicted octanol–water partition coefficient (Wildman–Crippen LogP) is 2.28. The van der Waals surface area contributed by atoms with Crippen molar-refractivity contribution in [1.29, 1.82) is 0 Å². The second-order valence-corrected chi connectivity index (χ2v) is 5.84. The highest BCUT2D eigenvalue weighted by atomic mass is 16.2. The van der Waals surface area contributed by atoms with Gasteiger partial charge in [0.1, 0.15) is 5.39 Å². The Morgan fingerprint density at radius 1 is 1.00 bits per heavy atom. The normalized spacial score (nSPS) is 11.4. The lowest BCUT2D eigenvalue weighted by atomic mass is 10.2. The fraction of sp³-hybridized carbons (Fsp3) is 0.688. The van der Waals surface area contributed by atoms with Gasteiger partial charge in [-0.3, -0.25) is 18.6 Å². The van der Waals surface area contributed by atoms with Gasteiger partial charge in [-0.1, -0.05) is 39.5 Å². The molecule has 0 saturated heterocycles. The molecule has 0 amide bonds. The van der Waals surface area contributed by atoms with Gasteiger partial charge in [0.25, 0.3) is 5.56 Å². The van der Waals surface area contributed by atoms with Gasteiger partial charge in [-0.05, 0) is 12.8 Å². The summed E-state index contributed by atoms with van der Waals surface area (Å²) in [7, 11) is 1.54. The molecule has 0 atom stereocenters. The molecular formula is C16H26N4O2. The molecule has 0 aliphatic heterocycles. The van der Waals surface area contributed by atoms with E-state index in [9.17, 15) is 9.59 Å². The highest BCUT2D eigenvalue weighted by Crippen LogP contribution is 2.09. The minimum atomic E-state index is -0.269. The zero-order valence-corrected chi connectivity index (χ0v) is 13.8. The number of hydrogen-bond acceptors (Lipinski definition) is 3. The van der Waals surface area contributed by atoms with E-state index in [2.05, 4.69) is 18.9 Å². The Balaban J connectivity index is 2.41. The minimum Gasteiger partial charge on any atom is -0.276 e. The highest BCUT2D eigenvalue weighted by Gasteiger charge is 2.14. The van der Waals surface area contributed by atoms with E-state index < -0.39 is 0 Å². The third kappa shape index (κ3) is 3.31. The van der Waals surface area contributed by atoms with E-state index >= 15 is 0 Å². The van der Waals surface area contributed by atoms with Crippen molar-refractivity contribution in [3.8, 4) is 0 Å². The Hall–Kier alpha value is -1.85. The fourth-order valence-corrected chi connectivity index (χ4v) is 2.63. The largest absolute Gasteiger partial charge is 0.332 e. The lowest BCUT2D eigenvalue weighted by molar-refractivity contribution is 0.542. The van der Waals surface area contributed by atoms with Crippen molar-refractivity contribution in [3.05, 3.63) is 27.0 Å². The van der Waals surface area contributed by atoms with Crippen LogP contribution in [0.25, 0.3) is 11.0 Å². The van der Waals surface area contributed by atoms with Crippen LogP contribution in [0, 0.1) is 0 Å². The van der Waals surface area contributed by atoms with Crippen LogP contribution in [0.4, 0.5) is 0 Å². The van der Waals surface area contributed by atoms with Crippen molar-refractivity contribution in [3.63, 3.8) is 0 Å². The monoisotopic (exact) mass is 306 g/mol. The minimum absolute atomic E-state index is 0.257. The average Bonchev–Trinajstić information content (AvgIpc) is 2.94. The molecule has 0 unspecified atom stereocenters. The van der Waals surface area contributed by atoms with Crippen LogP contribution in [0.5, 0.6) is 0 Å². The van der Waals surface area contributed by atoms with E-state index in [-0.39, 0.29) is 11.2 Å². The molecule has 6 heteroatoms. The van der Waals surface area contributed by atoms with E-state index in [4.69, 9.17) is 0 Å². The first-order valence-electron chi connectivity index (χ1n) is 8.27. The highest BCUT2D eigenvalue weighted by molar-refractivity contribution is 5.73. The summed E-state index contributed by atoms with van der Waals surface area (Å²) in [5, 5.41) is 5.01.